The van der Waals surface area contributed by atoms with Crippen LogP contribution < -0.4 is 9.30 Å². The van der Waals surface area contributed by atoms with Gasteiger partial charge in [-0.05, 0) is 49.2 Å². The highest BCUT2D eigenvalue weighted by Gasteiger charge is 2.25. The number of rotatable bonds is 20. The Morgan fingerprint density at radius 2 is 1.43 bits per heavy atom. The fourth-order valence-electron chi connectivity index (χ4n) is 5.10. The fourth-order valence-corrected chi connectivity index (χ4v) is 5.36. The molecule has 7 heteroatoms. The summed E-state index contributed by atoms with van der Waals surface area (Å²) < 4.78 is 13.5. The molecule has 1 aromatic heterocycles. The Bertz CT molecular complexity index is 1270. The lowest BCUT2D eigenvalue weighted by Gasteiger charge is -2.20. The minimum Gasteiger partial charge on any atom is -0.492 e. The molecule has 0 spiro atoms. The predicted molar refractivity (Wildman–Crippen MR) is 177 cm³/mol. The van der Waals surface area contributed by atoms with E-state index in [-0.39, 0.29) is 13.2 Å². The van der Waals surface area contributed by atoms with E-state index in [0.29, 0.717) is 22.9 Å². The maximum atomic E-state index is 13.3. The second-order valence-corrected chi connectivity index (χ2v) is 11.8. The number of aryl methyl sites for hydroxylation is 1. The van der Waals surface area contributed by atoms with Gasteiger partial charge in [0.2, 0.25) is 0 Å². The summed E-state index contributed by atoms with van der Waals surface area (Å²) in [5.74, 6) is 0.209. The van der Waals surface area contributed by atoms with E-state index in [1.54, 1.807) is 30.3 Å². The highest BCUT2D eigenvalue weighted by molar-refractivity contribution is 6.32. The first-order valence-electron chi connectivity index (χ1n) is 16.4. The Morgan fingerprint density at radius 1 is 0.773 bits per heavy atom. The van der Waals surface area contributed by atoms with Crippen molar-refractivity contribution in [1.29, 1.82) is 0 Å². The first kappa shape index (κ1) is 35.1. The van der Waals surface area contributed by atoms with Crippen LogP contribution in [0.2, 0.25) is 5.02 Å². The summed E-state index contributed by atoms with van der Waals surface area (Å²) in [5.41, 5.74) is 1.96. The smallest absolute Gasteiger partial charge is 0.417 e. The lowest BCUT2D eigenvalue weighted by Crippen LogP contribution is -2.38. The molecule has 0 N–H and O–H groups in total. The highest BCUT2D eigenvalue weighted by Crippen LogP contribution is 2.26. The molecule has 2 aromatic carbocycles. The molecule has 0 aliphatic heterocycles. The van der Waals surface area contributed by atoms with Gasteiger partial charge in [-0.1, -0.05) is 113 Å². The third kappa shape index (κ3) is 12.7. The number of carbonyl (C=O) groups is 2. The van der Waals surface area contributed by atoms with E-state index in [9.17, 15) is 9.59 Å². The number of benzene rings is 2. The zero-order valence-electron chi connectivity index (χ0n) is 26.6. The van der Waals surface area contributed by atoms with Gasteiger partial charge in [-0.3, -0.25) is 4.79 Å². The Hall–Kier alpha value is -3.38. The number of ether oxygens (including phenoxy) is 2. The molecule has 0 fully saturated rings. The van der Waals surface area contributed by atoms with Gasteiger partial charge in [-0.25, -0.2) is 14.3 Å². The molecule has 0 bridgehead atoms. The summed E-state index contributed by atoms with van der Waals surface area (Å²) in [6.07, 6.45) is 18.8. The van der Waals surface area contributed by atoms with E-state index in [4.69, 9.17) is 21.1 Å². The molecule has 1 heterocycles. The van der Waals surface area contributed by atoms with Crippen LogP contribution in [-0.2, 0) is 24.4 Å². The third-order valence-corrected chi connectivity index (χ3v) is 8.02. The number of halogens is 1. The van der Waals surface area contributed by atoms with Crippen LogP contribution >= 0.6 is 11.6 Å². The molecule has 0 saturated carbocycles. The SMILES string of the molecule is CCCCCCCCCCCCCCOc1ccc(COC(=O)N(Cc2ccc[n+](CC)c2)C(=O)c2ccccc2)cc1Cl. The van der Waals surface area contributed by atoms with Crippen LogP contribution in [0.1, 0.15) is 112 Å². The molecule has 0 unspecified atom stereocenters. The first-order chi connectivity index (χ1) is 21.5. The third-order valence-electron chi connectivity index (χ3n) is 7.73. The number of carbonyl (C=O) groups excluding carboxylic acids is 2. The van der Waals surface area contributed by atoms with Gasteiger partial charge in [-0.15, -0.1) is 0 Å². The Morgan fingerprint density at radius 3 is 2.07 bits per heavy atom. The average molecular weight is 622 g/mol. The lowest BCUT2D eigenvalue weighted by atomic mass is 10.1. The van der Waals surface area contributed by atoms with Crippen LogP contribution in [-0.4, -0.2) is 23.5 Å². The standard InChI is InChI=1S/C37H50ClN2O4/c1-3-5-6-7-8-9-10-11-12-13-14-18-26-43-35-24-23-31(27-34(35)38)30-44-37(42)40(36(41)33-21-16-15-17-22-33)29-32-20-19-25-39(4-2)28-32/h15-17,19-25,27-28H,3-14,18,26,29-30H2,1-2H3/q+1. The normalized spacial score (nSPS) is 10.9. The van der Waals surface area contributed by atoms with E-state index in [2.05, 4.69) is 6.92 Å². The Kier molecular flexibility index (Phi) is 16.4. The summed E-state index contributed by atoms with van der Waals surface area (Å²) in [6.45, 7) is 5.79. The van der Waals surface area contributed by atoms with Crippen molar-refractivity contribution in [1.82, 2.24) is 4.90 Å². The number of hydrogen-bond acceptors (Lipinski definition) is 4. The summed E-state index contributed by atoms with van der Waals surface area (Å²) in [7, 11) is 0. The summed E-state index contributed by atoms with van der Waals surface area (Å²) in [4.78, 5) is 27.6. The van der Waals surface area contributed by atoms with Crippen LogP contribution in [0.15, 0.2) is 73.1 Å². The topological polar surface area (TPSA) is 59.7 Å². The maximum absolute atomic E-state index is 13.3. The molecule has 3 aromatic rings. The highest BCUT2D eigenvalue weighted by atomic mass is 35.5. The molecule has 0 aliphatic carbocycles. The van der Waals surface area contributed by atoms with Crippen LogP contribution in [0.25, 0.3) is 0 Å². The molecular weight excluding hydrogens is 572 g/mol. The van der Waals surface area contributed by atoms with Gasteiger partial charge in [-0.2, -0.15) is 0 Å². The molecule has 2 amide bonds. The van der Waals surface area contributed by atoms with Crippen molar-refractivity contribution in [3.05, 3.63) is 94.8 Å². The van der Waals surface area contributed by atoms with Crippen molar-refractivity contribution < 1.29 is 23.6 Å². The summed E-state index contributed by atoms with van der Waals surface area (Å²) >= 11 is 6.49. The van der Waals surface area contributed by atoms with Gasteiger partial charge < -0.3 is 9.47 Å². The minimum absolute atomic E-state index is 0.0140. The second-order valence-electron chi connectivity index (χ2n) is 11.4. The molecule has 0 saturated heterocycles. The van der Waals surface area contributed by atoms with Gasteiger partial charge in [0, 0.05) is 17.2 Å². The Labute approximate surface area is 269 Å². The van der Waals surface area contributed by atoms with Gasteiger partial charge in [0.25, 0.3) is 5.91 Å². The zero-order valence-corrected chi connectivity index (χ0v) is 27.4. The van der Waals surface area contributed by atoms with Crippen LogP contribution in [0.5, 0.6) is 5.75 Å². The number of pyridine rings is 1. The van der Waals surface area contributed by atoms with Crippen LogP contribution in [0, 0.1) is 0 Å². The van der Waals surface area contributed by atoms with Crippen molar-refractivity contribution in [2.24, 2.45) is 0 Å². The number of hydrogen-bond donors (Lipinski definition) is 0. The molecule has 0 radical (unpaired) electrons. The summed E-state index contributed by atoms with van der Waals surface area (Å²) in [5, 5.41) is 0.475. The van der Waals surface area contributed by atoms with Gasteiger partial charge >= 0.3 is 6.09 Å². The zero-order chi connectivity index (χ0) is 31.4. The van der Waals surface area contributed by atoms with Crippen molar-refractivity contribution in [2.75, 3.05) is 6.61 Å². The second kappa shape index (κ2) is 20.6. The van der Waals surface area contributed by atoms with Crippen molar-refractivity contribution >= 4 is 23.6 Å². The Balaban J connectivity index is 1.43. The van der Waals surface area contributed by atoms with E-state index < -0.39 is 12.0 Å². The van der Waals surface area contributed by atoms with Crippen molar-refractivity contribution in [2.45, 2.75) is 111 Å². The molecule has 238 valence electrons. The van der Waals surface area contributed by atoms with Gasteiger partial charge in [0.1, 0.15) is 18.9 Å². The first-order valence-corrected chi connectivity index (χ1v) is 16.8. The molecule has 6 nitrogen and oxygen atoms in total. The fraction of sp³-hybridized carbons (Fsp3) is 0.486. The largest absolute Gasteiger partial charge is 0.492 e. The molecule has 0 atom stereocenters. The number of imide groups is 1. The van der Waals surface area contributed by atoms with Gasteiger partial charge in [0.05, 0.1) is 18.2 Å². The molecular formula is C37H50ClN2O4+. The van der Waals surface area contributed by atoms with Crippen molar-refractivity contribution in [3.63, 3.8) is 0 Å². The van der Waals surface area contributed by atoms with E-state index in [0.717, 1.165) is 35.4 Å². The van der Waals surface area contributed by atoms with Gasteiger partial charge in [0.15, 0.2) is 12.4 Å². The van der Waals surface area contributed by atoms with Crippen LogP contribution in [0.3, 0.4) is 0 Å². The number of unbranched alkanes of at least 4 members (excludes halogenated alkanes) is 11. The number of nitrogens with zero attached hydrogens (tertiary/aromatic N) is 2. The molecule has 3 rings (SSSR count). The predicted octanol–water partition coefficient (Wildman–Crippen LogP) is 9.71. The molecule has 44 heavy (non-hydrogen) atoms. The maximum Gasteiger partial charge on any atom is 0.417 e. The summed E-state index contributed by atoms with van der Waals surface area (Å²) in [6, 6.07) is 17.9. The van der Waals surface area contributed by atoms with Crippen molar-refractivity contribution in [3.8, 4) is 5.75 Å². The van der Waals surface area contributed by atoms with E-state index in [1.807, 2.05) is 54.2 Å². The number of amides is 2. The van der Waals surface area contributed by atoms with E-state index >= 15 is 0 Å². The molecule has 0 aliphatic rings. The lowest BCUT2D eigenvalue weighted by molar-refractivity contribution is -0.694. The van der Waals surface area contributed by atoms with Crippen LogP contribution in [0.4, 0.5) is 4.79 Å². The number of aromatic nitrogens is 1. The average Bonchev–Trinajstić information content (AvgIpc) is 3.05. The minimum atomic E-state index is -0.714. The monoisotopic (exact) mass is 621 g/mol. The quantitative estimate of drug-likeness (QED) is 0.0930. The van der Waals surface area contributed by atoms with E-state index in [1.165, 1.54) is 64.2 Å².